The fourth-order valence-corrected chi connectivity index (χ4v) is 3.61. The van der Waals surface area contributed by atoms with Crippen LogP contribution in [0.25, 0.3) is 10.2 Å². The zero-order valence-electron chi connectivity index (χ0n) is 15.8. The molecule has 0 fully saturated rings. The maximum Gasteiger partial charge on any atom is 0.454 e. The molecule has 0 saturated heterocycles. The highest BCUT2D eigenvalue weighted by molar-refractivity contribution is 7.18. The van der Waals surface area contributed by atoms with Crippen molar-refractivity contribution in [1.29, 1.82) is 0 Å². The van der Waals surface area contributed by atoms with Gasteiger partial charge >= 0.3 is 6.11 Å². The van der Waals surface area contributed by atoms with E-state index in [-0.39, 0.29) is 0 Å². The Kier molecular flexibility index (Phi) is 5.38. The first kappa shape index (κ1) is 20.8. The Bertz CT molecular complexity index is 1310. The molecule has 0 saturated carbocycles. The van der Waals surface area contributed by atoms with Gasteiger partial charge in [-0.25, -0.2) is 18.2 Å². The number of thiazole rings is 1. The number of aromatic nitrogens is 1. The molecule has 0 radical (unpaired) electrons. The van der Waals surface area contributed by atoms with Crippen LogP contribution in [0.4, 0.5) is 22.0 Å². The minimum absolute atomic E-state index is 0.292. The average molecular weight is 445 g/mol. The predicted molar refractivity (Wildman–Crippen MR) is 108 cm³/mol. The van der Waals surface area contributed by atoms with E-state index in [9.17, 15) is 22.0 Å². The van der Waals surface area contributed by atoms with Crippen molar-refractivity contribution in [2.24, 2.45) is 0 Å². The van der Waals surface area contributed by atoms with Crippen LogP contribution in [-0.4, -0.2) is 4.98 Å². The topological polar surface area (TPSA) is 22.1 Å². The summed E-state index contributed by atoms with van der Waals surface area (Å²) in [4.78, 5) is 3.85. The summed E-state index contributed by atoms with van der Waals surface area (Å²) in [5.41, 5.74) is 2.82. The molecule has 0 unspecified atom stereocenters. The van der Waals surface area contributed by atoms with E-state index in [0.29, 0.717) is 39.2 Å². The Hall–Kier alpha value is -3.44. The van der Waals surface area contributed by atoms with Crippen molar-refractivity contribution in [3.05, 3.63) is 93.7 Å². The molecule has 4 aromatic rings. The SMILES string of the molecule is Cc1ccc(C#Cc2ccc3nc(C(F)(F)Oc4cc(F)c(F)c(F)c4)sc3c2)cc1. The smallest absolute Gasteiger partial charge is 0.427 e. The average Bonchev–Trinajstić information content (AvgIpc) is 3.16. The predicted octanol–water partition coefficient (Wildman–Crippen LogP) is 6.55. The molecule has 0 bridgehead atoms. The molecule has 3 aromatic carbocycles. The van der Waals surface area contributed by atoms with E-state index in [4.69, 9.17) is 0 Å². The summed E-state index contributed by atoms with van der Waals surface area (Å²) in [7, 11) is 0. The van der Waals surface area contributed by atoms with Gasteiger partial charge in [-0.3, -0.25) is 0 Å². The maximum absolute atomic E-state index is 14.5. The van der Waals surface area contributed by atoms with Crippen LogP contribution in [0, 0.1) is 36.2 Å². The Morgan fingerprint density at radius 3 is 2.16 bits per heavy atom. The quantitative estimate of drug-likeness (QED) is 0.203. The molecule has 0 aliphatic rings. The first-order valence-electron chi connectivity index (χ1n) is 8.92. The summed E-state index contributed by atoms with van der Waals surface area (Å²) in [5.74, 6) is 0.0770. The van der Waals surface area contributed by atoms with E-state index in [1.165, 1.54) is 0 Å². The molecule has 1 aromatic heterocycles. The number of halogens is 5. The molecule has 2 nitrogen and oxygen atoms in total. The fraction of sp³-hybridized carbons (Fsp3) is 0.0870. The van der Waals surface area contributed by atoms with Gasteiger partial charge in [-0.2, -0.15) is 8.78 Å². The third kappa shape index (κ3) is 4.52. The number of alkyl halides is 2. The zero-order valence-corrected chi connectivity index (χ0v) is 16.7. The van der Waals surface area contributed by atoms with Crippen LogP contribution in [0.3, 0.4) is 0 Å². The van der Waals surface area contributed by atoms with Crippen molar-refractivity contribution in [1.82, 2.24) is 4.98 Å². The number of ether oxygens (including phenoxy) is 1. The normalized spacial score (nSPS) is 11.3. The van der Waals surface area contributed by atoms with Crippen molar-refractivity contribution in [3.63, 3.8) is 0 Å². The van der Waals surface area contributed by atoms with E-state index in [2.05, 4.69) is 21.6 Å². The van der Waals surface area contributed by atoms with Gasteiger partial charge in [-0.1, -0.05) is 29.5 Å². The van der Waals surface area contributed by atoms with Crippen LogP contribution in [0.1, 0.15) is 21.7 Å². The van der Waals surface area contributed by atoms with Crippen LogP contribution >= 0.6 is 11.3 Å². The second-order valence-corrected chi connectivity index (χ2v) is 7.67. The van der Waals surface area contributed by atoms with Gasteiger partial charge in [-0.15, -0.1) is 11.3 Å². The monoisotopic (exact) mass is 445 g/mol. The maximum atomic E-state index is 14.5. The van der Waals surface area contributed by atoms with Crippen LogP contribution in [-0.2, 0) is 6.11 Å². The highest BCUT2D eigenvalue weighted by Crippen LogP contribution is 2.37. The molecule has 0 amide bonds. The van der Waals surface area contributed by atoms with Crippen molar-refractivity contribution in [2.45, 2.75) is 13.0 Å². The third-order valence-electron chi connectivity index (χ3n) is 4.24. The van der Waals surface area contributed by atoms with Gasteiger partial charge in [0.2, 0.25) is 5.01 Å². The number of nitrogens with zero attached hydrogens (tertiary/aromatic N) is 1. The summed E-state index contributed by atoms with van der Waals surface area (Å²) in [6, 6.07) is 13.1. The molecule has 4 rings (SSSR count). The lowest BCUT2D eigenvalue weighted by atomic mass is 10.1. The van der Waals surface area contributed by atoms with Gasteiger partial charge in [-0.05, 0) is 37.3 Å². The molecular weight excluding hydrogens is 433 g/mol. The molecule has 0 aliphatic carbocycles. The van der Waals surface area contributed by atoms with E-state index in [1.54, 1.807) is 18.2 Å². The molecule has 0 aliphatic heterocycles. The lowest BCUT2D eigenvalue weighted by molar-refractivity contribution is -0.185. The Morgan fingerprint density at radius 1 is 0.871 bits per heavy atom. The van der Waals surface area contributed by atoms with E-state index in [0.717, 1.165) is 11.1 Å². The summed E-state index contributed by atoms with van der Waals surface area (Å²) >= 11 is 0.657. The first-order chi connectivity index (χ1) is 14.7. The van der Waals surface area contributed by atoms with E-state index >= 15 is 0 Å². The summed E-state index contributed by atoms with van der Waals surface area (Å²) < 4.78 is 73.4. The summed E-state index contributed by atoms with van der Waals surface area (Å²) in [5, 5.41) is -0.712. The van der Waals surface area contributed by atoms with Crippen LogP contribution in [0.15, 0.2) is 54.6 Å². The summed E-state index contributed by atoms with van der Waals surface area (Å²) in [6.07, 6.45) is -3.98. The second kappa shape index (κ2) is 8.00. The molecule has 0 N–H and O–H groups in total. The van der Waals surface area contributed by atoms with Crippen LogP contribution < -0.4 is 4.74 Å². The molecule has 156 valence electrons. The van der Waals surface area contributed by atoms with E-state index in [1.807, 2.05) is 31.2 Å². The van der Waals surface area contributed by atoms with Gasteiger partial charge in [0.25, 0.3) is 0 Å². The molecule has 0 spiro atoms. The van der Waals surface area contributed by atoms with Crippen LogP contribution in [0.2, 0.25) is 0 Å². The number of benzene rings is 3. The molecule has 1 heterocycles. The largest absolute Gasteiger partial charge is 0.454 e. The second-order valence-electron chi connectivity index (χ2n) is 6.64. The molecule has 8 heteroatoms. The third-order valence-corrected chi connectivity index (χ3v) is 5.31. The highest BCUT2D eigenvalue weighted by Gasteiger charge is 2.39. The number of hydrogen-bond donors (Lipinski definition) is 0. The number of fused-ring (bicyclic) bond motifs is 1. The van der Waals surface area contributed by atoms with Crippen LogP contribution in [0.5, 0.6) is 5.75 Å². The van der Waals surface area contributed by atoms with Gasteiger partial charge in [0.05, 0.1) is 10.2 Å². The molecule has 0 atom stereocenters. The van der Waals surface area contributed by atoms with E-state index < -0.39 is 34.3 Å². The minimum atomic E-state index is -3.98. The Morgan fingerprint density at radius 2 is 1.48 bits per heavy atom. The Balaban J connectivity index is 1.61. The van der Waals surface area contributed by atoms with Gasteiger partial charge in [0.1, 0.15) is 5.75 Å². The minimum Gasteiger partial charge on any atom is -0.427 e. The number of hydrogen-bond acceptors (Lipinski definition) is 3. The fourth-order valence-electron chi connectivity index (χ4n) is 2.69. The van der Waals surface area contributed by atoms with Crippen molar-refractivity contribution < 1.29 is 26.7 Å². The number of rotatable bonds is 3. The molecular formula is C23H12F5NOS. The molecule has 31 heavy (non-hydrogen) atoms. The first-order valence-corrected chi connectivity index (χ1v) is 9.74. The lowest BCUT2D eigenvalue weighted by Gasteiger charge is -2.15. The zero-order chi connectivity index (χ0) is 22.2. The van der Waals surface area contributed by atoms with Gasteiger partial charge in [0.15, 0.2) is 17.5 Å². The highest BCUT2D eigenvalue weighted by atomic mass is 32.1. The lowest BCUT2D eigenvalue weighted by Crippen LogP contribution is -2.21. The van der Waals surface area contributed by atoms with Crippen molar-refractivity contribution in [2.75, 3.05) is 0 Å². The number of aryl methyl sites for hydroxylation is 1. The summed E-state index contributed by atoms with van der Waals surface area (Å²) in [6.45, 7) is 1.97. The van der Waals surface area contributed by atoms with Crippen molar-refractivity contribution >= 4 is 21.6 Å². The van der Waals surface area contributed by atoms with Gasteiger partial charge < -0.3 is 4.74 Å². The van der Waals surface area contributed by atoms with Crippen molar-refractivity contribution in [3.8, 4) is 17.6 Å². The Labute approximate surface area is 177 Å². The van der Waals surface area contributed by atoms with Gasteiger partial charge in [0, 0.05) is 23.3 Å². The standard InChI is InChI=1S/C23H12F5NOS/c1-13-2-4-14(5-3-13)6-7-15-8-9-19-20(10-15)31-22(29-19)23(27,28)30-16-11-17(24)21(26)18(25)12-16/h2-5,8-12H,1H3.